The number of rotatable bonds is 1. The molecule has 1 N–H and O–H groups in total. The second-order valence-corrected chi connectivity index (χ2v) is 4.70. The minimum Gasteiger partial charge on any atom is -0.744 e. The van der Waals surface area contributed by atoms with Crippen molar-refractivity contribution in [3.05, 3.63) is 40.3 Å². The zero-order valence-corrected chi connectivity index (χ0v) is 12.0. The maximum Gasteiger partial charge on any atom is 1.00 e. The molecular weight excluding hydrogens is 271 g/mol. The number of phenols is 1. The van der Waals surface area contributed by atoms with Gasteiger partial charge in [-0.05, 0) is 12.1 Å². The molecule has 0 atom stereocenters. The van der Waals surface area contributed by atoms with Crippen molar-refractivity contribution in [3.8, 4) is 5.75 Å². The topological polar surface area (TPSA) is 112 Å². The Balaban J connectivity index is 0.00000162. The van der Waals surface area contributed by atoms with Crippen molar-refractivity contribution < 1.29 is 57.2 Å². The number of fused-ring (bicyclic) bond motifs is 1. The third-order valence-corrected chi connectivity index (χ3v) is 3.13. The van der Waals surface area contributed by atoms with Gasteiger partial charge >= 0.3 is 29.6 Å². The molecule has 88 valence electrons. The molecule has 0 fully saturated rings. The molecule has 0 saturated heterocycles. The molecule has 0 unspecified atom stereocenters. The van der Waals surface area contributed by atoms with Crippen LogP contribution in [-0.2, 0) is 10.1 Å². The van der Waals surface area contributed by atoms with Gasteiger partial charge in [-0.25, -0.2) is 8.42 Å². The summed E-state index contributed by atoms with van der Waals surface area (Å²) in [5.74, 6) is -2.39. The van der Waals surface area contributed by atoms with Crippen LogP contribution in [0.4, 0.5) is 0 Å². The summed E-state index contributed by atoms with van der Waals surface area (Å²) in [6.45, 7) is 0. The van der Waals surface area contributed by atoms with E-state index in [1.807, 2.05) is 0 Å². The van der Waals surface area contributed by atoms with Gasteiger partial charge in [0.1, 0.15) is 20.8 Å². The van der Waals surface area contributed by atoms with Gasteiger partial charge in [0.25, 0.3) is 0 Å². The van der Waals surface area contributed by atoms with Crippen LogP contribution in [0.5, 0.6) is 5.75 Å². The van der Waals surface area contributed by atoms with Crippen LogP contribution >= 0.6 is 0 Å². The van der Waals surface area contributed by atoms with E-state index in [9.17, 15) is 27.7 Å². The Morgan fingerprint density at radius 2 is 1.78 bits per heavy atom. The molecule has 0 spiro atoms. The van der Waals surface area contributed by atoms with Crippen LogP contribution in [0.1, 0.15) is 20.7 Å². The fourth-order valence-electron chi connectivity index (χ4n) is 1.56. The molecule has 0 saturated carbocycles. The van der Waals surface area contributed by atoms with Gasteiger partial charge in [0.2, 0.25) is 5.78 Å². The zero-order valence-electron chi connectivity index (χ0n) is 9.21. The first-order valence-electron chi connectivity index (χ1n) is 4.41. The van der Waals surface area contributed by atoms with Gasteiger partial charge in [-0.3, -0.25) is 9.59 Å². The Morgan fingerprint density at radius 3 is 2.33 bits per heavy atom. The Morgan fingerprint density at radius 1 is 1.17 bits per heavy atom. The minimum atomic E-state index is -5.00. The summed E-state index contributed by atoms with van der Waals surface area (Å²) < 4.78 is 32.3. The maximum absolute atomic E-state index is 11.7. The third-order valence-electron chi connectivity index (χ3n) is 2.29. The summed E-state index contributed by atoms with van der Waals surface area (Å²) >= 11 is 0. The van der Waals surface area contributed by atoms with Crippen LogP contribution in [0, 0.1) is 0 Å². The first-order valence-corrected chi connectivity index (χ1v) is 5.82. The van der Waals surface area contributed by atoms with Crippen molar-refractivity contribution in [1.82, 2.24) is 0 Å². The molecule has 6 nitrogen and oxygen atoms in total. The van der Waals surface area contributed by atoms with Crippen molar-refractivity contribution in [2.75, 3.05) is 0 Å². The van der Waals surface area contributed by atoms with Crippen molar-refractivity contribution in [3.63, 3.8) is 0 Å². The average Bonchev–Trinajstić information content (AvgIpc) is 2.21. The Hall–Kier alpha value is -0.990. The third kappa shape index (κ3) is 2.40. The molecule has 1 aromatic carbocycles. The number of allylic oxidation sites excluding steroid dienone is 2. The van der Waals surface area contributed by atoms with Crippen LogP contribution in [0.15, 0.2) is 29.2 Å². The average molecular weight is 276 g/mol. The number of Topliss-reactive ketones (excluding diaryl/α,β-unsaturated/α-hetero) is 1. The molecule has 0 heterocycles. The van der Waals surface area contributed by atoms with Crippen LogP contribution in [0.3, 0.4) is 0 Å². The number of carbonyl (C=O) groups excluding carboxylic acids is 2. The summed E-state index contributed by atoms with van der Waals surface area (Å²) in [6.07, 6.45) is 0.437. The summed E-state index contributed by atoms with van der Waals surface area (Å²) in [4.78, 5) is 22.1. The van der Waals surface area contributed by atoms with Crippen LogP contribution in [0.2, 0.25) is 0 Å². The normalized spacial score (nSPS) is 14.6. The number of carbonyl (C=O) groups is 2. The predicted molar refractivity (Wildman–Crippen MR) is 54.5 cm³/mol. The van der Waals surface area contributed by atoms with E-state index in [4.69, 9.17) is 0 Å². The van der Waals surface area contributed by atoms with E-state index in [2.05, 4.69) is 0 Å². The number of hydrogen-bond donors (Lipinski definition) is 1. The zero-order chi connectivity index (χ0) is 12.8. The molecule has 0 amide bonds. The second kappa shape index (κ2) is 4.94. The van der Waals surface area contributed by atoms with E-state index in [-0.39, 0.29) is 40.7 Å². The Bertz CT molecular complexity index is 674. The summed E-state index contributed by atoms with van der Waals surface area (Å²) in [5, 5.41) is 9.40. The number of ketones is 2. The number of hydrogen-bond acceptors (Lipinski definition) is 6. The molecule has 0 aliphatic heterocycles. The molecule has 1 aliphatic carbocycles. The van der Waals surface area contributed by atoms with E-state index >= 15 is 0 Å². The van der Waals surface area contributed by atoms with E-state index < -0.39 is 32.3 Å². The Kier molecular flexibility index (Phi) is 4.14. The van der Waals surface area contributed by atoms with Gasteiger partial charge in [-0.15, -0.1) is 0 Å². The Labute approximate surface area is 124 Å². The van der Waals surface area contributed by atoms with E-state index in [0.717, 1.165) is 0 Å². The molecule has 18 heavy (non-hydrogen) atoms. The fraction of sp³-hybridized carbons (Fsp3) is 0. The van der Waals surface area contributed by atoms with Gasteiger partial charge in [-0.1, -0.05) is 6.07 Å². The predicted octanol–water partition coefficient (Wildman–Crippen LogP) is -2.80. The first-order chi connectivity index (χ1) is 7.82. The SMILES string of the molecule is O=C1C(S(=O)(=O)[O-])=CC(=O)c2c(O)cccc21.[Na+]. The van der Waals surface area contributed by atoms with Crippen molar-refractivity contribution in [1.29, 1.82) is 0 Å². The van der Waals surface area contributed by atoms with Crippen molar-refractivity contribution >= 4 is 21.7 Å². The van der Waals surface area contributed by atoms with Gasteiger partial charge in [0.05, 0.1) is 5.56 Å². The molecule has 1 aliphatic rings. The quantitative estimate of drug-likeness (QED) is 0.438. The number of phenolic OH excluding ortho intramolecular Hbond substituents is 1. The number of aromatic hydroxyl groups is 1. The standard InChI is InChI=1S/C10H6O6S.Na/c11-6-3-1-2-5-9(6)7(12)4-8(10(5)13)17(14,15)16;/h1-4,11H,(H,14,15,16);/q;+1/p-1. The molecule has 0 radical (unpaired) electrons. The van der Waals surface area contributed by atoms with Gasteiger partial charge in [0.15, 0.2) is 5.78 Å². The van der Waals surface area contributed by atoms with Crippen molar-refractivity contribution in [2.24, 2.45) is 0 Å². The van der Waals surface area contributed by atoms with Gasteiger partial charge < -0.3 is 9.66 Å². The molecule has 1 aromatic rings. The second-order valence-electron chi connectivity index (χ2n) is 3.36. The summed E-state index contributed by atoms with van der Waals surface area (Å²) in [7, 11) is -5.00. The smallest absolute Gasteiger partial charge is 0.744 e. The van der Waals surface area contributed by atoms with Crippen LogP contribution in [0.25, 0.3) is 0 Å². The number of benzene rings is 1. The first kappa shape index (κ1) is 15.1. The van der Waals surface area contributed by atoms with Gasteiger partial charge in [0, 0.05) is 11.6 Å². The maximum atomic E-state index is 11.7. The van der Waals surface area contributed by atoms with E-state index in [1.54, 1.807) is 0 Å². The molecule has 2 rings (SSSR count). The van der Waals surface area contributed by atoms with Crippen LogP contribution in [-0.4, -0.2) is 29.6 Å². The van der Waals surface area contributed by atoms with E-state index in [0.29, 0.717) is 6.08 Å². The largest absolute Gasteiger partial charge is 1.00 e. The van der Waals surface area contributed by atoms with Crippen molar-refractivity contribution in [2.45, 2.75) is 0 Å². The van der Waals surface area contributed by atoms with Gasteiger partial charge in [-0.2, -0.15) is 0 Å². The summed E-state index contributed by atoms with van der Waals surface area (Å²) in [6, 6.07) is 3.64. The molecule has 8 heteroatoms. The monoisotopic (exact) mass is 276 g/mol. The minimum absolute atomic E-state index is 0. The van der Waals surface area contributed by atoms with E-state index in [1.165, 1.54) is 18.2 Å². The van der Waals surface area contributed by atoms with Crippen LogP contribution < -0.4 is 29.6 Å². The molecule has 0 aromatic heterocycles. The molecular formula is C10H5NaO6S. The molecule has 0 bridgehead atoms. The summed E-state index contributed by atoms with van der Waals surface area (Å²) in [5.41, 5.74) is -0.572. The fourth-order valence-corrected chi connectivity index (χ4v) is 2.15.